The molecule has 0 bridgehead atoms. The number of allylic oxidation sites excluding steroid dienone is 4. The number of rotatable bonds is 3. The predicted octanol–water partition coefficient (Wildman–Crippen LogP) is 1.45. The molecular weight excluding hydrogens is 338 g/mol. The minimum atomic E-state index is -4.01. The minimum absolute atomic E-state index is 0.0858. The van der Waals surface area contributed by atoms with Crippen LogP contribution in [0.1, 0.15) is 19.8 Å². The summed E-state index contributed by atoms with van der Waals surface area (Å²) in [5.41, 5.74) is 0. The molecule has 1 saturated heterocycles. The van der Waals surface area contributed by atoms with Crippen molar-refractivity contribution in [2.45, 2.75) is 19.8 Å². The number of nitrogens with zero attached hydrogens (tertiary/aromatic N) is 4. The molecule has 0 amide bonds. The normalized spacial score (nSPS) is 23.6. The molecule has 0 atom stereocenters. The Morgan fingerprint density at radius 2 is 1.83 bits per heavy atom. The van der Waals surface area contributed by atoms with Crippen LogP contribution in [0.25, 0.3) is 0 Å². The quantitative estimate of drug-likeness (QED) is 0.765. The lowest BCUT2D eigenvalue weighted by Crippen LogP contribution is -2.53. The lowest BCUT2D eigenvalue weighted by molar-refractivity contribution is 0.184. The third kappa shape index (κ3) is 3.19. The topological polar surface area (TPSA) is 56.2 Å². The zero-order valence-electron chi connectivity index (χ0n) is 13.7. The lowest BCUT2D eigenvalue weighted by atomic mass is 10.2. The number of aliphatic imine (C=N–C) groups is 1. The van der Waals surface area contributed by atoms with Crippen molar-refractivity contribution in [1.82, 2.24) is 14.1 Å². The zero-order valence-corrected chi connectivity index (χ0v) is 14.5. The standard InChI is InChI=1S/C15H22F2N4O2S/c1-2-19-7-9-20(10-8-19)15-18-5-6-21(15)24(22,23)14-4-3-12(16)11-13(14)17/h11H,2-10H2,1H3. The molecule has 134 valence electrons. The van der Waals surface area contributed by atoms with Crippen LogP contribution in [0.4, 0.5) is 8.78 Å². The molecule has 3 rings (SSSR count). The van der Waals surface area contributed by atoms with E-state index in [2.05, 4.69) is 16.8 Å². The van der Waals surface area contributed by atoms with Crippen molar-refractivity contribution in [2.75, 3.05) is 45.8 Å². The van der Waals surface area contributed by atoms with Gasteiger partial charge in [-0.15, -0.1) is 0 Å². The summed E-state index contributed by atoms with van der Waals surface area (Å²) < 4.78 is 54.0. The highest BCUT2D eigenvalue weighted by atomic mass is 32.2. The maximum absolute atomic E-state index is 14.0. The minimum Gasteiger partial charge on any atom is -0.339 e. The Bertz CT molecular complexity index is 694. The van der Waals surface area contributed by atoms with E-state index in [0.717, 1.165) is 19.6 Å². The molecule has 0 N–H and O–H groups in total. The van der Waals surface area contributed by atoms with Crippen molar-refractivity contribution in [3.63, 3.8) is 0 Å². The van der Waals surface area contributed by atoms with Gasteiger partial charge < -0.3 is 9.80 Å². The van der Waals surface area contributed by atoms with Crippen molar-refractivity contribution >= 4 is 16.0 Å². The van der Waals surface area contributed by atoms with Crippen molar-refractivity contribution in [1.29, 1.82) is 0 Å². The Morgan fingerprint density at radius 3 is 2.46 bits per heavy atom. The molecule has 9 heteroatoms. The van der Waals surface area contributed by atoms with E-state index in [0.29, 0.717) is 31.7 Å². The fourth-order valence-electron chi connectivity index (χ4n) is 3.20. The number of piperazine rings is 1. The van der Waals surface area contributed by atoms with Crippen LogP contribution in [0.15, 0.2) is 27.6 Å². The summed E-state index contributed by atoms with van der Waals surface area (Å²) in [6.45, 7) is 6.67. The van der Waals surface area contributed by atoms with Gasteiger partial charge in [-0.1, -0.05) is 6.92 Å². The fraction of sp³-hybridized carbons (Fsp3) is 0.667. The summed E-state index contributed by atoms with van der Waals surface area (Å²) in [6, 6.07) is 0. The fourth-order valence-corrected chi connectivity index (χ4v) is 4.84. The van der Waals surface area contributed by atoms with Gasteiger partial charge in [0.25, 0.3) is 10.0 Å². The first-order valence-electron chi connectivity index (χ1n) is 8.22. The Kier molecular flexibility index (Phi) is 4.91. The van der Waals surface area contributed by atoms with Gasteiger partial charge in [0.2, 0.25) is 5.96 Å². The number of likely N-dealkylation sites (N-methyl/N-ethyl adjacent to an activating group) is 1. The monoisotopic (exact) mass is 360 g/mol. The molecule has 0 spiro atoms. The first kappa shape index (κ1) is 17.3. The maximum atomic E-state index is 14.0. The summed E-state index contributed by atoms with van der Waals surface area (Å²) in [6.07, 6.45) is 0.435. The summed E-state index contributed by atoms with van der Waals surface area (Å²) in [5.74, 6) is -1.24. The largest absolute Gasteiger partial charge is 0.339 e. The highest BCUT2D eigenvalue weighted by Crippen LogP contribution is 2.32. The van der Waals surface area contributed by atoms with Crippen molar-refractivity contribution in [2.24, 2.45) is 4.99 Å². The summed E-state index contributed by atoms with van der Waals surface area (Å²) in [7, 11) is -4.01. The molecule has 2 aliphatic heterocycles. The number of halogens is 2. The highest BCUT2D eigenvalue weighted by Gasteiger charge is 2.38. The van der Waals surface area contributed by atoms with Gasteiger partial charge in [-0.25, -0.2) is 21.5 Å². The molecular formula is C15H22F2N4O2S. The second-order valence-electron chi connectivity index (χ2n) is 6.04. The molecule has 3 aliphatic rings. The number of hydrogen-bond acceptors (Lipinski definition) is 5. The van der Waals surface area contributed by atoms with E-state index in [1.54, 1.807) is 0 Å². The maximum Gasteiger partial charge on any atom is 0.265 e. The Balaban J connectivity index is 1.81. The molecule has 0 saturated carbocycles. The van der Waals surface area contributed by atoms with Crippen LogP contribution in [-0.4, -0.2) is 74.3 Å². The van der Waals surface area contributed by atoms with E-state index in [4.69, 9.17) is 0 Å². The van der Waals surface area contributed by atoms with Crippen LogP contribution in [0.5, 0.6) is 0 Å². The van der Waals surface area contributed by atoms with Crippen LogP contribution in [-0.2, 0) is 10.0 Å². The number of guanidine groups is 1. The first-order chi connectivity index (χ1) is 11.4. The van der Waals surface area contributed by atoms with E-state index in [1.807, 2.05) is 4.90 Å². The van der Waals surface area contributed by atoms with Gasteiger partial charge in [0.05, 0.1) is 13.1 Å². The molecule has 1 aliphatic carbocycles. The van der Waals surface area contributed by atoms with Gasteiger partial charge in [-0.05, 0) is 13.0 Å². The molecule has 0 radical (unpaired) electrons. The van der Waals surface area contributed by atoms with Crippen LogP contribution in [0.3, 0.4) is 0 Å². The van der Waals surface area contributed by atoms with E-state index < -0.39 is 21.7 Å². The van der Waals surface area contributed by atoms with Gasteiger partial charge >= 0.3 is 0 Å². The van der Waals surface area contributed by atoms with E-state index >= 15 is 0 Å². The van der Waals surface area contributed by atoms with Crippen molar-refractivity contribution < 1.29 is 17.2 Å². The second-order valence-corrected chi connectivity index (χ2v) is 7.93. The second kappa shape index (κ2) is 6.79. The molecule has 0 aromatic carbocycles. The van der Waals surface area contributed by atoms with Crippen LogP contribution in [0, 0.1) is 0 Å². The molecule has 2 heterocycles. The Labute approximate surface area is 141 Å². The lowest BCUT2D eigenvalue weighted by Gasteiger charge is -2.37. The Morgan fingerprint density at radius 1 is 1.12 bits per heavy atom. The average Bonchev–Trinajstić information content (AvgIpc) is 3.05. The molecule has 1 fully saturated rings. The third-order valence-corrected chi connectivity index (χ3v) is 6.57. The van der Waals surface area contributed by atoms with Gasteiger partial charge in [0, 0.05) is 38.7 Å². The number of hydrogen-bond donors (Lipinski definition) is 0. The van der Waals surface area contributed by atoms with Gasteiger partial charge in [-0.2, -0.15) is 0 Å². The SMILES string of the molecule is CCN1CCN(C2=NCCN2S(=O)(=O)C2=C(F)C=C(F)CC2)CC1. The molecule has 0 aromatic rings. The highest BCUT2D eigenvalue weighted by molar-refractivity contribution is 7.93. The number of sulfonamides is 1. The van der Waals surface area contributed by atoms with Gasteiger partial charge in [-0.3, -0.25) is 4.99 Å². The summed E-state index contributed by atoms with van der Waals surface area (Å²) in [4.78, 5) is 8.21. The van der Waals surface area contributed by atoms with Crippen LogP contribution < -0.4 is 0 Å². The average molecular weight is 360 g/mol. The zero-order chi connectivity index (χ0) is 17.3. The van der Waals surface area contributed by atoms with E-state index in [9.17, 15) is 17.2 Å². The summed E-state index contributed by atoms with van der Waals surface area (Å²) >= 11 is 0. The Hall–Kier alpha value is -1.48. The van der Waals surface area contributed by atoms with E-state index in [1.165, 1.54) is 4.31 Å². The first-order valence-corrected chi connectivity index (χ1v) is 9.66. The molecule has 24 heavy (non-hydrogen) atoms. The third-order valence-electron chi connectivity index (χ3n) is 4.62. The van der Waals surface area contributed by atoms with Gasteiger partial charge in [0.1, 0.15) is 16.6 Å². The predicted molar refractivity (Wildman–Crippen MR) is 88.2 cm³/mol. The molecule has 0 unspecified atom stereocenters. The summed E-state index contributed by atoms with van der Waals surface area (Å²) in [5, 5.41) is 0. The van der Waals surface area contributed by atoms with Crippen LogP contribution >= 0.6 is 0 Å². The molecule has 0 aromatic heterocycles. The van der Waals surface area contributed by atoms with Crippen LogP contribution in [0.2, 0.25) is 0 Å². The molecule has 6 nitrogen and oxygen atoms in total. The van der Waals surface area contributed by atoms with E-state index in [-0.39, 0.29) is 24.3 Å². The van der Waals surface area contributed by atoms with Crippen molar-refractivity contribution in [3.8, 4) is 0 Å². The smallest absolute Gasteiger partial charge is 0.265 e. The van der Waals surface area contributed by atoms with Crippen molar-refractivity contribution in [3.05, 3.63) is 22.6 Å². The van der Waals surface area contributed by atoms with Gasteiger partial charge in [0.15, 0.2) is 0 Å².